The van der Waals surface area contributed by atoms with Crippen molar-refractivity contribution in [2.45, 2.75) is 31.3 Å². The number of rotatable bonds is 2. The zero-order chi connectivity index (χ0) is 17.4. The molecule has 2 bridgehead atoms. The van der Waals surface area contributed by atoms with Crippen LogP contribution in [0.1, 0.15) is 29.8 Å². The number of fused-ring (bicyclic) bond motifs is 2. The van der Waals surface area contributed by atoms with Gasteiger partial charge in [-0.15, -0.1) is 0 Å². The Balaban J connectivity index is 1.62. The summed E-state index contributed by atoms with van der Waals surface area (Å²) in [5.41, 5.74) is 0.291. The molecule has 25 heavy (non-hydrogen) atoms. The molecule has 1 aromatic heterocycles. The number of amides is 1. The fourth-order valence-corrected chi connectivity index (χ4v) is 3.58. The number of hydrogen-bond donors (Lipinski definition) is 1. The number of aromatic nitrogens is 2. The van der Waals surface area contributed by atoms with Crippen molar-refractivity contribution in [2.75, 3.05) is 13.1 Å². The molecule has 2 saturated heterocycles. The van der Waals surface area contributed by atoms with Crippen molar-refractivity contribution in [3.8, 4) is 5.69 Å². The van der Waals surface area contributed by atoms with E-state index in [2.05, 4.69) is 10.4 Å². The Morgan fingerprint density at radius 1 is 1.08 bits per heavy atom. The van der Waals surface area contributed by atoms with Gasteiger partial charge in [-0.3, -0.25) is 9.59 Å². The summed E-state index contributed by atoms with van der Waals surface area (Å²) in [4.78, 5) is 26.7. The van der Waals surface area contributed by atoms with Crippen molar-refractivity contribution in [2.24, 2.45) is 0 Å². The standard InChI is InChI=1S/C18H19FN4O2/c19-12-1-5-15(6-2-12)23-17(24)8-7-16(21-23)18(25)22-10-9-13-3-4-14(11-22)20-13/h1-2,5-8,13-14,20H,3-4,9-11H2. The van der Waals surface area contributed by atoms with E-state index in [1.54, 1.807) is 4.90 Å². The molecule has 2 unspecified atom stereocenters. The van der Waals surface area contributed by atoms with Crippen LogP contribution in [-0.2, 0) is 0 Å². The molecule has 2 aliphatic heterocycles. The minimum atomic E-state index is -0.392. The van der Waals surface area contributed by atoms with Crippen LogP contribution in [0, 0.1) is 5.82 Å². The van der Waals surface area contributed by atoms with Crippen molar-refractivity contribution >= 4 is 5.91 Å². The van der Waals surface area contributed by atoms with Gasteiger partial charge in [0.2, 0.25) is 0 Å². The van der Waals surface area contributed by atoms with Gasteiger partial charge in [0.1, 0.15) is 11.5 Å². The van der Waals surface area contributed by atoms with Gasteiger partial charge in [-0.2, -0.15) is 9.78 Å². The monoisotopic (exact) mass is 342 g/mol. The van der Waals surface area contributed by atoms with E-state index in [1.165, 1.54) is 42.8 Å². The SMILES string of the molecule is O=C(c1ccc(=O)n(-c2ccc(F)cc2)n1)N1CCC2CCC(C1)N2. The lowest BCUT2D eigenvalue weighted by Crippen LogP contribution is -2.40. The molecule has 130 valence electrons. The first-order valence-corrected chi connectivity index (χ1v) is 8.52. The lowest BCUT2D eigenvalue weighted by molar-refractivity contribution is 0.0740. The van der Waals surface area contributed by atoms with Gasteiger partial charge in [0.15, 0.2) is 0 Å². The summed E-state index contributed by atoms with van der Waals surface area (Å²) in [6.07, 6.45) is 3.18. The first-order chi connectivity index (χ1) is 12.1. The zero-order valence-electron chi connectivity index (χ0n) is 13.7. The number of nitrogens with zero attached hydrogens (tertiary/aromatic N) is 3. The number of carbonyl (C=O) groups excluding carboxylic acids is 1. The van der Waals surface area contributed by atoms with Crippen LogP contribution in [-0.4, -0.2) is 45.8 Å². The van der Waals surface area contributed by atoms with Crippen LogP contribution in [0.2, 0.25) is 0 Å². The summed E-state index contributed by atoms with van der Waals surface area (Å²) in [5, 5.41) is 7.75. The topological polar surface area (TPSA) is 67.2 Å². The summed E-state index contributed by atoms with van der Waals surface area (Å²) in [6, 6.07) is 9.06. The lowest BCUT2D eigenvalue weighted by atomic mass is 10.1. The van der Waals surface area contributed by atoms with Crippen LogP contribution in [0.15, 0.2) is 41.2 Å². The molecule has 0 aliphatic carbocycles. The van der Waals surface area contributed by atoms with Gasteiger partial charge in [-0.1, -0.05) is 0 Å². The molecule has 3 heterocycles. The van der Waals surface area contributed by atoms with Gasteiger partial charge in [0, 0.05) is 31.2 Å². The van der Waals surface area contributed by atoms with E-state index >= 15 is 0 Å². The third-order valence-corrected chi connectivity index (χ3v) is 4.90. The van der Waals surface area contributed by atoms with Crippen molar-refractivity contribution in [3.63, 3.8) is 0 Å². The van der Waals surface area contributed by atoms with E-state index in [4.69, 9.17) is 0 Å². The first-order valence-electron chi connectivity index (χ1n) is 8.52. The maximum atomic E-state index is 13.1. The highest BCUT2D eigenvalue weighted by Gasteiger charge is 2.32. The highest BCUT2D eigenvalue weighted by atomic mass is 19.1. The molecule has 0 spiro atoms. The second kappa shape index (κ2) is 6.40. The highest BCUT2D eigenvalue weighted by molar-refractivity contribution is 5.92. The molecular weight excluding hydrogens is 323 g/mol. The molecule has 1 amide bonds. The Kier molecular flexibility index (Phi) is 4.09. The molecule has 2 atom stereocenters. The maximum absolute atomic E-state index is 13.1. The molecule has 1 N–H and O–H groups in total. The van der Waals surface area contributed by atoms with Crippen LogP contribution in [0.4, 0.5) is 4.39 Å². The van der Waals surface area contributed by atoms with E-state index in [0.29, 0.717) is 30.9 Å². The van der Waals surface area contributed by atoms with E-state index in [9.17, 15) is 14.0 Å². The summed E-state index contributed by atoms with van der Waals surface area (Å²) in [6.45, 7) is 1.34. The van der Waals surface area contributed by atoms with Gasteiger partial charge >= 0.3 is 0 Å². The average Bonchev–Trinajstić information content (AvgIpc) is 2.94. The summed E-state index contributed by atoms with van der Waals surface area (Å²) < 4.78 is 14.2. The fourth-order valence-electron chi connectivity index (χ4n) is 3.58. The maximum Gasteiger partial charge on any atom is 0.274 e. The van der Waals surface area contributed by atoms with Gasteiger partial charge in [-0.05, 0) is 49.6 Å². The lowest BCUT2D eigenvalue weighted by Gasteiger charge is -2.24. The van der Waals surface area contributed by atoms with Crippen molar-refractivity contribution in [1.29, 1.82) is 0 Å². The van der Waals surface area contributed by atoms with Crippen molar-refractivity contribution in [1.82, 2.24) is 20.0 Å². The number of halogens is 1. The van der Waals surface area contributed by atoms with Gasteiger partial charge in [-0.25, -0.2) is 4.39 Å². The Labute approximate surface area is 144 Å². The molecule has 0 saturated carbocycles. The molecule has 2 fully saturated rings. The second-order valence-corrected chi connectivity index (χ2v) is 6.62. The number of hydrogen-bond acceptors (Lipinski definition) is 4. The van der Waals surface area contributed by atoms with E-state index < -0.39 is 5.82 Å². The van der Waals surface area contributed by atoms with Crippen LogP contribution in [0.5, 0.6) is 0 Å². The number of benzene rings is 1. The molecule has 2 aromatic rings. The molecule has 0 radical (unpaired) electrons. The Bertz CT molecular complexity index is 849. The molecule has 4 rings (SSSR count). The zero-order valence-corrected chi connectivity index (χ0v) is 13.7. The predicted octanol–water partition coefficient (Wildman–Crippen LogP) is 1.34. The van der Waals surface area contributed by atoms with Crippen LogP contribution < -0.4 is 10.9 Å². The van der Waals surface area contributed by atoms with Crippen LogP contribution in [0.3, 0.4) is 0 Å². The average molecular weight is 342 g/mol. The Morgan fingerprint density at radius 3 is 2.64 bits per heavy atom. The largest absolute Gasteiger partial charge is 0.336 e. The van der Waals surface area contributed by atoms with Crippen LogP contribution >= 0.6 is 0 Å². The predicted molar refractivity (Wildman–Crippen MR) is 90.3 cm³/mol. The van der Waals surface area contributed by atoms with Crippen molar-refractivity contribution in [3.05, 3.63) is 58.3 Å². The second-order valence-electron chi connectivity index (χ2n) is 6.62. The third kappa shape index (κ3) is 3.19. The minimum Gasteiger partial charge on any atom is -0.336 e. The van der Waals surface area contributed by atoms with E-state index in [0.717, 1.165) is 17.5 Å². The number of likely N-dealkylation sites (tertiary alicyclic amines) is 1. The third-order valence-electron chi connectivity index (χ3n) is 4.90. The van der Waals surface area contributed by atoms with Gasteiger partial charge in [0.25, 0.3) is 11.5 Å². The van der Waals surface area contributed by atoms with Gasteiger partial charge < -0.3 is 10.2 Å². The fraction of sp³-hybridized carbons (Fsp3) is 0.389. The number of nitrogens with one attached hydrogen (secondary N) is 1. The minimum absolute atomic E-state index is 0.176. The molecule has 7 heteroatoms. The summed E-state index contributed by atoms with van der Waals surface area (Å²) in [7, 11) is 0. The van der Waals surface area contributed by atoms with Gasteiger partial charge in [0.05, 0.1) is 5.69 Å². The van der Waals surface area contributed by atoms with Crippen molar-refractivity contribution < 1.29 is 9.18 Å². The van der Waals surface area contributed by atoms with E-state index in [1.807, 2.05) is 0 Å². The quantitative estimate of drug-likeness (QED) is 0.894. The summed E-state index contributed by atoms with van der Waals surface area (Å²) >= 11 is 0. The first kappa shape index (κ1) is 16.0. The van der Waals surface area contributed by atoms with Crippen LogP contribution in [0.25, 0.3) is 5.69 Å². The van der Waals surface area contributed by atoms with E-state index in [-0.39, 0.29) is 17.2 Å². The smallest absolute Gasteiger partial charge is 0.274 e. The molecular formula is C18H19FN4O2. The normalized spacial score (nSPS) is 22.7. The molecule has 6 nitrogen and oxygen atoms in total. The molecule has 1 aromatic carbocycles. The highest BCUT2D eigenvalue weighted by Crippen LogP contribution is 2.21. The Hall–Kier alpha value is -2.54. The Morgan fingerprint density at radius 2 is 1.84 bits per heavy atom. The summed E-state index contributed by atoms with van der Waals surface area (Å²) in [5.74, 6) is -0.568. The number of carbonyl (C=O) groups is 1. The molecule has 2 aliphatic rings.